The van der Waals surface area contributed by atoms with E-state index in [1.807, 2.05) is 17.9 Å². The van der Waals surface area contributed by atoms with Gasteiger partial charge in [-0.3, -0.25) is 9.79 Å². The van der Waals surface area contributed by atoms with Gasteiger partial charge < -0.3 is 15.5 Å². The summed E-state index contributed by atoms with van der Waals surface area (Å²) in [6.45, 7) is 3.82. The summed E-state index contributed by atoms with van der Waals surface area (Å²) in [5, 5.41) is 6.49. The van der Waals surface area contributed by atoms with Gasteiger partial charge in [-0.05, 0) is 30.2 Å². The van der Waals surface area contributed by atoms with E-state index < -0.39 is 0 Å². The topological polar surface area (TPSA) is 56.7 Å². The molecular formula is C16H23BrFIN4O. The van der Waals surface area contributed by atoms with Crippen LogP contribution in [0.1, 0.15) is 25.3 Å². The first kappa shape index (κ1) is 21.1. The lowest BCUT2D eigenvalue weighted by atomic mass is 10.2. The number of hydrogen-bond acceptors (Lipinski definition) is 2. The second kappa shape index (κ2) is 10.2. The third-order valence-electron chi connectivity index (χ3n) is 3.79. The van der Waals surface area contributed by atoms with E-state index in [1.165, 1.54) is 12.1 Å². The van der Waals surface area contributed by atoms with Crippen molar-refractivity contribution in [2.75, 3.05) is 20.1 Å². The molecule has 1 aromatic rings. The molecule has 0 saturated carbocycles. The van der Waals surface area contributed by atoms with Gasteiger partial charge in [-0.15, -0.1) is 24.0 Å². The summed E-state index contributed by atoms with van der Waals surface area (Å²) in [7, 11) is 1.70. The van der Waals surface area contributed by atoms with Crippen molar-refractivity contribution in [1.29, 1.82) is 0 Å². The average molecular weight is 513 g/mol. The highest BCUT2D eigenvalue weighted by Crippen LogP contribution is 2.15. The van der Waals surface area contributed by atoms with Gasteiger partial charge in [0.1, 0.15) is 5.82 Å². The molecule has 1 atom stereocenters. The Morgan fingerprint density at radius 2 is 2.21 bits per heavy atom. The van der Waals surface area contributed by atoms with Crippen molar-refractivity contribution in [2.24, 2.45) is 4.99 Å². The van der Waals surface area contributed by atoms with E-state index in [2.05, 4.69) is 31.6 Å². The molecule has 0 spiro atoms. The number of carbonyl (C=O) groups excluding carboxylic acids is 1. The predicted molar refractivity (Wildman–Crippen MR) is 108 cm³/mol. The molecule has 8 heteroatoms. The first-order valence-corrected chi connectivity index (χ1v) is 8.51. The molecule has 134 valence electrons. The Balaban J connectivity index is 0.00000288. The minimum atomic E-state index is -0.274. The summed E-state index contributed by atoms with van der Waals surface area (Å²) in [5.41, 5.74) is 0.828. The molecule has 0 bridgehead atoms. The van der Waals surface area contributed by atoms with Gasteiger partial charge in [0.05, 0.1) is 0 Å². The van der Waals surface area contributed by atoms with Gasteiger partial charge in [0.25, 0.3) is 0 Å². The maximum atomic E-state index is 13.4. The number of carbonyl (C=O) groups is 1. The maximum absolute atomic E-state index is 13.4. The summed E-state index contributed by atoms with van der Waals surface area (Å²) < 4.78 is 14.1. The number of guanidine groups is 1. The SMILES string of the molecule is CCC(=O)N1CCC(NC(=NC)NCc2cc(F)cc(Br)c2)C1.I. The van der Waals surface area contributed by atoms with Crippen LogP contribution in [-0.2, 0) is 11.3 Å². The molecule has 0 aliphatic carbocycles. The van der Waals surface area contributed by atoms with Crippen LogP contribution in [0.25, 0.3) is 0 Å². The average Bonchev–Trinajstić information content (AvgIpc) is 2.98. The van der Waals surface area contributed by atoms with Gasteiger partial charge in [0, 0.05) is 43.6 Å². The number of likely N-dealkylation sites (tertiary alicyclic amines) is 1. The Morgan fingerprint density at radius 3 is 2.83 bits per heavy atom. The highest BCUT2D eigenvalue weighted by molar-refractivity contribution is 14.0. The molecule has 1 saturated heterocycles. The van der Waals surface area contributed by atoms with Crippen LogP contribution in [-0.4, -0.2) is 42.9 Å². The fourth-order valence-corrected chi connectivity index (χ4v) is 3.13. The molecule has 1 amide bonds. The summed E-state index contributed by atoms with van der Waals surface area (Å²) in [6, 6.07) is 4.97. The number of nitrogens with one attached hydrogen (secondary N) is 2. The van der Waals surface area contributed by atoms with Crippen LogP contribution in [0.4, 0.5) is 4.39 Å². The second-order valence-corrected chi connectivity index (χ2v) is 6.44. The highest BCUT2D eigenvalue weighted by atomic mass is 127. The Kier molecular flexibility index (Phi) is 8.96. The highest BCUT2D eigenvalue weighted by Gasteiger charge is 2.25. The molecule has 2 rings (SSSR count). The lowest BCUT2D eigenvalue weighted by molar-refractivity contribution is -0.129. The molecule has 1 aliphatic rings. The minimum Gasteiger partial charge on any atom is -0.352 e. The number of rotatable bonds is 4. The number of hydrogen-bond donors (Lipinski definition) is 2. The van der Waals surface area contributed by atoms with E-state index in [0.717, 1.165) is 18.5 Å². The molecule has 0 radical (unpaired) electrons. The number of benzene rings is 1. The molecule has 1 unspecified atom stereocenters. The van der Waals surface area contributed by atoms with Gasteiger partial charge in [-0.2, -0.15) is 0 Å². The Morgan fingerprint density at radius 1 is 1.46 bits per heavy atom. The Bertz CT molecular complexity index is 579. The number of aliphatic imine (C=N–C) groups is 1. The van der Waals surface area contributed by atoms with Crippen molar-refractivity contribution in [3.05, 3.63) is 34.1 Å². The van der Waals surface area contributed by atoms with Crippen molar-refractivity contribution < 1.29 is 9.18 Å². The van der Waals surface area contributed by atoms with Crippen LogP contribution < -0.4 is 10.6 Å². The first-order valence-electron chi connectivity index (χ1n) is 7.71. The van der Waals surface area contributed by atoms with E-state index in [4.69, 9.17) is 0 Å². The van der Waals surface area contributed by atoms with Crippen molar-refractivity contribution in [2.45, 2.75) is 32.4 Å². The Hall–Kier alpha value is -0.900. The van der Waals surface area contributed by atoms with Crippen LogP contribution in [0.2, 0.25) is 0 Å². The quantitative estimate of drug-likeness (QED) is 0.370. The normalized spacial score (nSPS) is 17.4. The zero-order chi connectivity index (χ0) is 16.8. The number of amides is 1. The minimum absolute atomic E-state index is 0. The number of halogens is 3. The number of nitrogens with zero attached hydrogens (tertiary/aromatic N) is 2. The smallest absolute Gasteiger partial charge is 0.222 e. The van der Waals surface area contributed by atoms with Crippen molar-refractivity contribution in [3.8, 4) is 0 Å². The van der Waals surface area contributed by atoms with Crippen LogP contribution in [0.5, 0.6) is 0 Å². The van der Waals surface area contributed by atoms with E-state index in [1.54, 1.807) is 7.05 Å². The molecule has 1 heterocycles. The molecule has 1 fully saturated rings. The maximum Gasteiger partial charge on any atom is 0.222 e. The molecule has 24 heavy (non-hydrogen) atoms. The van der Waals surface area contributed by atoms with Gasteiger partial charge in [0.2, 0.25) is 5.91 Å². The first-order chi connectivity index (χ1) is 11.0. The monoisotopic (exact) mass is 512 g/mol. The van der Waals surface area contributed by atoms with E-state index >= 15 is 0 Å². The van der Waals surface area contributed by atoms with Crippen molar-refractivity contribution in [3.63, 3.8) is 0 Å². The standard InChI is InChI=1S/C16H22BrFN4O.HI/c1-3-15(23)22-5-4-14(10-22)21-16(19-2)20-9-11-6-12(17)8-13(18)7-11;/h6-8,14H,3-5,9-10H2,1-2H3,(H2,19,20,21);1H. The molecule has 5 nitrogen and oxygen atoms in total. The largest absolute Gasteiger partial charge is 0.352 e. The van der Waals surface area contributed by atoms with Crippen LogP contribution in [0, 0.1) is 5.82 Å². The van der Waals surface area contributed by atoms with Crippen LogP contribution >= 0.6 is 39.9 Å². The molecule has 0 aromatic heterocycles. The summed E-state index contributed by atoms with van der Waals surface area (Å²) >= 11 is 3.28. The second-order valence-electron chi connectivity index (χ2n) is 5.53. The van der Waals surface area contributed by atoms with Gasteiger partial charge in [0.15, 0.2) is 5.96 Å². The third-order valence-corrected chi connectivity index (χ3v) is 4.25. The van der Waals surface area contributed by atoms with Crippen molar-refractivity contribution in [1.82, 2.24) is 15.5 Å². The molecule has 2 N–H and O–H groups in total. The van der Waals surface area contributed by atoms with E-state index in [-0.39, 0.29) is 41.7 Å². The Labute approximate surface area is 167 Å². The fourth-order valence-electron chi connectivity index (χ4n) is 2.61. The van der Waals surface area contributed by atoms with Crippen LogP contribution in [0.3, 0.4) is 0 Å². The third kappa shape index (κ3) is 6.19. The van der Waals surface area contributed by atoms with Gasteiger partial charge >= 0.3 is 0 Å². The lowest BCUT2D eigenvalue weighted by Crippen LogP contribution is -2.44. The fraction of sp³-hybridized carbons (Fsp3) is 0.500. The molecule has 1 aromatic carbocycles. The van der Waals surface area contributed by atoms with Gasteiger partial charge in [-0.25, -0.2) is 4.39 Å². The zero-order valence-corrected chi connectivity index (χ0v) is 17.7. The van der Waals surface area contributed by atoms with Crippen LogP contribution in [0.15, 0.2) is 27.7 Å². The lowest BCUT2D eigenvalue weighted by Gasteiger charge is -2.18. The summed E-state index contributed by atoms with van der Waals surface area (Å²) in [4.78, 5) is 17.8. The summed E-state index contributed by atoms with van der Waals surface area (Å²) in [6.07, 6.45) is 1.44. The molecule has 1 aliphatic heterocycles. The molecular weight excluding hydrogens is 490 g/mol. The van der Waals surface area contributed by atoms with E-state index in [9.17, 15) is 9.18 Å². The van der Waals surface area contributed by atoms with Gasteiger partial charge in [-0.1, -0.05) is 22.9 Å². The zero-order valence-electron chi connectivity index (χ0n) is 13.8. The van der Waals surface area contributed by atoms with E-state index in [0.29, 0.717) is 29.9 Å². The predicted octanol–water partition coefficient (Wildman–Crippen LogP) is 2.88. The van der Waals surface area contributed by atoms with Crippen molar-refractivity contribution >= 4 is 51.8 Å². The summed E-state index contributed by atoms with van der Waals surface area (Å²) in [5.74, 6) is 0.562.